The Bertz CT molecular complexity index is 161. The Morgan fingerprint density at radius 1 is 1.27 bits per heavy atom. The fourth-order valence-corrected chi connectivity index (χ4v) is 2.46. The van der Waals surface area contributed by atoms with Gasteiger partial charge in [-0.05, 0) is 26.2 Å². The molecule has 90 valence electrons. The van der Waals surface area contributed by atoms with E-state index in [0.29, 0.717) is 12.1 Å². The molecular weight excluding hydrogens is 186 g/mol. The highest BCUT2D eigenvalue weighted by molar-refractivity contribution is 4.82. The molecule has 0 radical (unpaired) electrons. The molecule has 1 aliphatic carbocycles. The Kier molecular flexibility index (Phi) is 6.26. The van der Waals surface area contributed by atoms with Crippen LogP contribution in [0.4, 0.5) is 0 Å². The summed E-state index contributed by atoms with van der Waals surface area (Å²) < 4.78 is 0. The predicted octanol–water partition coefficient (Wildman–Crippen LogP) is 2.85. The first kappa shape index (κ1) is 13.0. The lowest BCUT2D eigenvalue weighted by molar-refractivity contribution is 0.0852. The quantitative estimate of drug-likeness (QED) is 0.665. The standard InChI is InChI=1S/C13H27NO/c1-3-4-5-8-11(2)14-12-9-6-7-10-13(12)15/h11-15H,3-10H2,1-2H3/t11-,12-,13-/m0/s1. The molecule has 2 N–H and O–H groups in total. The molecule has 2 heteroatoms. The van der Waals surface area contributed by atoms with Crippen LogP contribution in [-0.4, -0.2) is 23.3 Å². The zero-order valence-electron chi connectivity index (χ0n) is 10.3. The van der Waals surface area contributed by atoms with Crippen LogP contribution in [-0.2, 0) is 0 Å². The number of hydrogen-bond acceptors (Lipinski definition) is 2. The van der Waals surface area contributed by atoms with Gasteiger partial charge < -0.3 is 10.4 Å². The van der Waals surface area contributed by atoms with Gasteiger partial charge in [0.15, 0.2) is 0 Å². The van der Waals surface area contributed by atoms with Gasteiger partial charge in [0, 0.05) is 12.1 Å². The largest absolute Gasteiger partial charge is 0.392 e. The monoisotopic (exact) mass is 213 g/mol. The lowest BCUT2D eigenvalue weighted by Gasteiger charge is -2.31. The minimum atomic E-state index is -0.104. The minimum absolute atomic E-state index is 0.104. The molecule has 0 aromatic heterocycles. The Morgan fingerprint density at radius 2 is 2.00 bits per heavy atom. The van der Waals surface area contributed by atoms with Crippen molar-refractivity contribution in [2.24, 2.45) is 0 Å². The van der Waals surface area contributed by atoms with Crippen LogP contribution in [0.2, 0.25) is 0 Å². The zero-order chi connectivity index (χ0) is 11.1. The van der Waals surface area contributed by atoms with Gasteiger partial charge in [0.1, 0.15) is 0 Å². The molecule has 0 aliphatic heterocycles. The molecule has 3 atom stereocenters. The maximum Gasteiger partial charge on any atom is 0.0693 e. The van der Waals surface area contributed by atoms with Crippen LogP contribution < -0.4 is 5.32 Å². The van der Waals surface area contributed by atoms with Crippen molar-refractivity contribution in [2.45, 2.75) is 83.4 Å². The summed E-state index contributed by atoms with van der Waals surface area (Å²) in [5, 5.41) is 13.4. The van der Waals surface area contributed by atoms with Crippen LogP contribution in [0.15, 0.2) is 0 Å². The molecule has 0 spiro atoms. The Labute approximate surface area is 94.5 Å². The SMILES string of the molecule is CCCCC[C@H](C)N[C@H]1CCCC[C@@H]1O. The molecule has 0 unspecified atom stereocenters. The second-order valence-electron chi connectivity index (χ2n) is 5.02. The van der Waals surface area contributed by atoms with Gasteiger partial charge in [-0.1, -0.05) is 39.0 Å². The van der Waals surface area contributed by atoms with Gasteiger partial charge in [-0.15, -0.1) is 0 Å². The normalized spacial score (nSPS) is 29.0. The second kappa shape index (κ2) is 7.24. The molecule has 1 fully saturated rings. The highest BCUT2D eigenvalue weighted by Crippen LogP contribution is 2.19. The van der Waals surface area contributed by atoms with E-state index in [1.165, 1.54) is 38.5 Å². The molecule has 0 heterocycles. The van der Waals surface area contributed by atoms with Crippen molar-refractivity contribution in [2.75, 3.05) is 0 Å². The molecule has 1 aliphatic rings. The van der Waals surface area contributed by atoms with Crippen molar-refractivity contribution in [1.29, 1.82) is 0 Å². The first-order valence-electron chi connectivity index (χ1n) is 6.68. The summed E-state index contributed by atoms with van der Waals surface area (Å²) in [7, 11) is 0. The molecule has 1 rings (SSSR count). The van der Waals surface area contributed by atoms with Crippen molar-refractivity contribution < 1.29 is 5.11 Å². The van der Waals surface area contributed by atoms with Gasteiger partial charge in [0.2, 0.25) is 0 Å². The van der Waals surface area contributed by atoms with E-state index < -0.39 is 0 Å². The van der Waals surface area contributed by atoms with E-state index in [0.717, 1.165) is 12.8 Å². The summed E-state index contributed by atoms with van der Waals surface area (Å²) in [5.41, 5.74) is 0. The first-order chi connectivity index (χ1) is 7.24. The maximum atomic E-state index is 9.83. The molecule has 0 amide bonds. The summed E-state index contributed by atoms with van der Waals surface area (Å²) in [4.78, 5) is 0. The highest BCUT2D eigenvalue weighted by Gasteiger charge is 2.23. The third-order valence-electron chi connectivity index (χ3n) is 3.47. The minimum Gasteiger partial charge on any atom is -0.392 e. The number of aliphatic hydroxyl groups excluding tert-OH is 1. The molecule has 0 saturated heterocycles. The summed E-state index contributed by atoms with van der Waals surface area (Å²) in [5.74, 6) is 0. The van der Waals surface area contributed by atoms with Crippen LogP contribution >= 0.6 is 0 Å². The second-order valence-corrected chi connectivity index (χ2v) is 5.02. The van der Waals surface area contributed by atoms with E-state index in [-0.39, 0.29) is 6.10 Å². The molecule has 0 aromatic rings. The lowest BCUT2D eigenvalue weighted by atomic mass is 9.92. The van der Waals surface area contributed by atoms with E-state index >= 15 is 0 Å². The third kappa shape index (κ3) is 4.98. The zero-order valence-corrected chi connectivity index (χ0v) is 10.3. The molecule has 0 aromatic carbocycles. The molecular formula is C13H27NO. The Balaban J connectivity index is 2.15. The van der Waals surface area contributed by atoms with E-state index in [9.17, 15) is 5.11 Å². The van der Waals surface area contributed by atoms with Gasteiger partial charge in [-0.2, -0.15) is 0 Å². The average molecular weight is 213 g/mol. The van der Waals surface area contributed by atoms with Crippen LogP contribution in [0.25, 0.3) is 0 Å². The van der Waals surface area contributed by atoms with Crippen molar-refractivity contribution in [3.05, 3.63) is 0 Å². The topological polar surface area (TPSA) is 32.3 Å². The van der Waals surface area contributed by atoms with Crippen molar-refractivity contribution in [1.82, 2.24) is 5.32 Å². The van der Waals surface area contributed by atoms with Gasteiger partial charge in [0.25, 0.3) is 0 Å². The summed E-state index contributed by atoms with van der Waals surface area (Å²) in [6, 6.07) is 0.921. The molecule has 0 bridgehead atoms. The van der Waals surface area contributed by atoms with Gasteiger partial charge >= 0.3 is 0 Å². The lowest BCUT2D eigenvalue weighted by Crippen LogP contribution is -2.46. The highest BCUT2D eigenvalue weighted by atomic mass is 16.3. The van der Waals surface area contributed by atoms with E-state index in [2.05, 4.69) is 19.2 Å². The van der Waals surface area contributed by atoms with Gasteiger partial charge in [-0.25, -0.2) is 0 Å². The van der Waals surface area contributed by atoms with Gasteiger partial charge in [-0.3, -0.25) is 0 Å². The van der Waals surface area contributed by atoms with Crippen molar-refractivity contribution in [3.8, 4) is 0 Å². The van der Waals surface area contributed by atoms with Crippen molar-refractivity contribution >= 4 is 0 Å². The van der Waals surface area contributed by atoms with E-state index in [1.54, 1.807) is 0 Å². The smallest absolute Gasteiger partial charge is 0.0693 e. The van der Waals surface area contributed by atoms with E-state index in [1.807, 2.05) is 0 Å². The summed E-state index contributed by atoms with van der Waals surface area (Å²) in [6.07, 6.45) is 9.69. The fraction of sp³-hybridized carbons (Fsp3) is 1.00. The van der Waals surface area contributed by atoms with Crippen LogP contribution in [0, 0.1) is 0 Å². The Hall–Kier alpha value is -0.0800. The maximum absolute atomic E-state index is 9.83. The summed E-state index contributed by atoms with van der Waals surface area (Å²) >= 11 is 0. The van der Waals surface area contributed by atoms with Crippen molar-refractivity contribution in [3.63, 3.8) is 0 Å². The first-order valence-corrected chi connectivity index (χ1v) is 6.68. The number of unbranched alkanes of at least 4 members (excludes halogenated alkanes) is 2. The Morgan fingerprint density at radius 3 is 2.67 bits per heavy atom. The number of rotatable bonds is 6. The van der Waals surface area contributed by atoms with Crippen LogP contribution in [0.3, 0.4) is 0 Å². The van der Waals surface area contributed by atoms with Gasteiger partial charge in [0.05, 0.1) is 6.10 Å². The summed E-state index contributed by atoms with van der Waals surface area (Å²) in [6.45, 7) is 4.49. The molecule has 15 heavy (non-hydrogen) atoms. The fourth-order valence-electron chi connectivity index (χ4n) is 2.46. The number of hydrogen-bond donors (Lipinski definition) is 2. The van der Waals surface area contributed by atoms with E-state index in [4.69, 9.17) is 0 Å². The average Bonchev–Trinajstić information content (AvgIpc) is 2.22. The molecule has 1 saturated carbocycles. The number of aliphatic hydroxyl groups is 1. The van der Waals surface area contributed by atoms with Crippen LogP contribution in [0.5, 0.6) is 0 Å². The van der Waals surface area contributed by atoms with Crippen LogP contribution in [0.1, 0.15) is 65.2 Å². The molecule has 2 nitrogen and oxygen atoms in total. The predicted molar refractivity (Wildman–Crippen MR) is 65.0 cm³/mol. The third-order valence-corrected chi connectivity index (χ3v) is 3.47. The number of nitrogens with one attached hydrogen (secondary N) is 1.